The molecule has 2 nitrogen and oxygen atoms in total. The second-order valence-corrected chi connectivity index (χ2v) is 6.22. The first-order valence-electron chi connectivity index (χ1n) is 7.17. The smallest absolute Gasteiger partial charge is 0.205 e. The van der Waals surface area contributed by atoms with E-state index in [9.17, 15) is 4.79 Å². The van der Waals surface area contributed by atoms with Crippen molar-refractivity contribution in [3.63, 3.8) is 0 Å². The zero-order valence-electron chi connectivity index (χ0n) is 12.6. The number of anilines is 1. The van der Waals surface area contributed by atoms with Gasteiger partial charge in [0.2, 0.25) is 5.78 Å². The fourth-order valence-corrected chi connectivity index (χ4v) is 3.46. The lowest BCUT2D eigenvalue weighted by Crippen LogP contribution is -2.01. The number of hydrogen-bond donors (Lipinski definition) is 1. The molecular weight excluding hydrogens is 290 g/mol. The van der Waals surface area contributed by atoms with E-state index in [0.717, 1.165) is 32.1 Å². The fraction of sp³-hybridized carbons (Fsp3) is 0.105. The van der Waals surface area contributed by atoms with E-state index in [1.54, 1.807) is 0 Å². The van der Waals surface area contributed by atoms with Gasteiger partial charge < -0.3 is 5.32 Å². The predicted octanol–water partition coefficient (Wildman–Crippen LogP) is 5.00. The van der Waals surface area contributed by atoms with Crippen molar-refractivity contribution in [1.29, 1.82) is 0 Å². The van der Waals surface area contributed by atoms with E-state index in [0.29, 0.717) is 0 Å². The minimum Gasteiger partial charge on any atom is -0.387 e. The van der Waals surface area contributed by atoms with Crippen LogP contribution in [0.5, 0.6) is 0 Å². The molecule has 3 heteroatoms. The first kappa shape index (κ1) is 14.5. The minimum atomic E-state index is 0.0662. The van der Waals surface area contributed by atoms with Gasteiger partial charge in [0, 0.05) is 17.5 Å². The molecule has 0 amide bonds. The zero-order valence-corrected chi connectivity index (χ0v) is 13.4. The van der Waals surface area contributed by atoms with E-state index in [1.807, 2.05) is 62.5 Å². The Morgan fingerprint density at radius 2 is 1.68 bits per heavy atom. The molecule has 0 spiro atoms. The summed E-state index contributed by atoms with van der Waals surface area (Å²) in [5.41, 5.74) is 3.89. The molecule has 3 rings (SSSR count). The van der Waals surface area contributed by atoms with Gasteiger partial charge in [-0.15, -0.1) is 11.3 Å². The third-order valence-corrected chi connectivity index (χ3v) is 4.76. The maximum atomic E-state index is 12.8. The summed E-state index contributed by atoms with van der Waals surface area (Å²) < 4.78 is 0. The lowest BCUT2D eigenvalue weighted by Gasteiger charge is -2.02. The molecule has 110 valence electrons. The summed E-state index contributed by atoms with van der Waals surface area (Å²) in [5, 5.41) is 3.14. The second kappa shape index (κ2) is 6.16. The van der Waals surface area contributed by atoms with E-state index >= 15 is 0 Å². The molecule has 0 aliphatic heterocycles. The SMILES string of the molecule is CNc1cc(-c2ccccc2)sc1C(=O)c1ccc(C)cc1. The largest absolute Gasteiger partial charge is 0.387 e. The second-order valence-electron chi connectivity index (χ2n) is 5.16. The van der Waals surface area contributed by atoms with Gasteiger partial charge in [-0.2, -0.15) is 0 Å². The van der Waals surface area contributed by atoms with Gasteiger partial charge in [0.1, 0.15) is 0 Å². The van der Waals surface area contributed by atoms with Gasteiger partial charge in [-0.3, -0.25) is 4.79 Å². The number of aryl methyl sites for hydroxylation is 1. The molecular formula is C19H17NOS. The summed E-state index contributed by atoms with van der Waals surface area (Å²) >= 11 is 1.53. The monoisotopic (exact) mass is 307 g/mol. The first-order chi connectivity index (χ1) is 10.7. The highest BCUT2D eigenvalue weighted by Crippen LogP contribution is 2.35. The molecule has 1 N–H and O–H groups in total. The third-order valence-electron chi connectivity index (χ3n) is 3.58. The number of benzene rings is 2. The molecule has 0 fully saturated rings. The van der Waals surface area contributed by atoms with Crippen LogP contribution in [-0.4, -0.2) is 12.8 Å². The molecule has 3 aromatic rings. The maximum Gasteiger partial charge on any atom is 0.205 e. The number of carbonyl (C=O) groups is 1. The predicted molar refractivity (Wildman–Crippen MR) is 93.9 cm³/mol. The highest BCUT2D eigenvalue weighted by Gasteiger charge is 2.17. The van der Waals surface area contributed by atoms with E-state index in [2.05, 4.69) is 17.4 Å². The van der Waals surface area contributed by atoms with Crippen molar-refractivity contribution in [2.75, 3.05) is 12.4 Å². The summed E-state index contributed by atoms with van der Waals surface area (Å²) in [6.45, 7) is 2.02. The van der Waals surface area contributed by atoms with Gasteiger partial charge in [0.25, 0.3) is 0 Å². The molecule has 0 atom stereocenters. The topological polar surface area (TPSA) is 29.1 Å². The van der Waals surface area contributed by atoms with E-state index in [-0.39, 0.29) is 5.78 Å². The van der Waals surface area contributed by atoms with E-state index in [1.165, 1.54) is 11.3 Å². The van der Waals surface area contributed by atoms with Gasteiger partial charge in [-0.05, 0) is 18.6 Å². The molecule has 1 heterocycles. The van der Waals surface area contributed by atoms with E-state index in [4.69, 9.17) is 0 Å². The van der Waals surface area contributed by atoms with Gasteiger partial charge in [-0.25, -0.2) is 0 Å². The van der Waals surface area contributed by atoms with Gasteiger partial charge in [0.15, 0.2) is 0 Å². The quantitative estimate of drug-likeness (QED) is 0.687. The lowest BCUT2D eigenvalue weighted by atomic mass is 10.1. The van der Waals surface area contributed by atoms with Crippen LogP contribution in [0.15, 0.2) is 60.7 Å². The van der Waals surface area contributed by atoms with Crippen molar-refractivity contribution in [3.8, 4) is 10.4 Å². The van der Waals surface area contributed by atoms with Crippen LogP contribution in [0.1, 0.15) is 20.8 Å². The van der Waals surface area contributed by atoms with Crippen molar-refractivity contribution in [1.82, 2.24) is 0 Å². The summed E-state index contributed by atoms with van der Waals surface area (Å²) in [7, 11) is 1.85. The Hall–Kier alpha value is -2.39. The van der Waals surface area contributed by atoms with Crippen molar-refractivity contribution in [2.24, 2.45) is 0 Å². The summed E-state index contributed by atoms with van der Waals surface area (Å²) in [6, 6.07) is 19.9. The average Bonchev–Trinajstić information content (AvgIpc) is 3.00. The Labute approximate surface area is 134 Å². The Morgan fingerprint density at radius 3 is 2.32 bits per heavy atom. The van der Waals surface area contributed by atoms with Crippen molar-refractivity contribution >= 4 is 22.8 Å². The highest BCUT2D eigenvalue weighted by atomic mass is 32.1. The minimum absolute atomic E-state index is 0.0662. The Kier molecular flexibility index (Phi) is 4.07. The Balaban J connectivity index is 2.01. The zero-order chi connectivity index (χ0) is 15.5. The molecule has 0 radical (unpaired) electrons. The van der Waals surface area contributed by atoms with Crippen molar-refractivity contribution in [3.05, 3.63) is 76.7 Å². The highest BCUT2D eigenvalue weighted by molar-refractivity contribution is 7.18. The van der Waals surface area contributed by atoms with Gasteiger partial charge in [-0.1, -0.05) is 60.2 Å². The lowest BCUT2D eigenvalue weighted by molar-refractivity contribution is 0.104. The average molecular weight is 307 g/mol. The van der Waals surface area contributed by atoms with Crippen LogP contribution < -0.4 is 5.32 Å². The van der Waals surface area contributed by atoms with Crippen LogP contribution >= 0.6 is 11.3 Å². The molecule has 0 saturated carbocycles. The normalized spacial score (nSPS) is 10.5. The number of nitrogens with one attached hydrogen (secondary N) is 1. The molecule has 0 saturated heterocycles. The molecule has 0 aliphatic carbocycles. The molecule has 0 unspecified atom stereocenters. The van der Waals surface area contributed by atoms with Gasteiger partial charge >= 0.3 is 0 Å². The standard InChI is InChI=1S/C19H17NOS/c1-13-8-10-15(11-9-13)18(21)19-16(20-2)12-17(22-19)14-6-4-3-5-7-14/h3-12,20H,1-2H3. The number of carbonyl (C=O) groups excluding carboxylic acids is 1. The number of ketones is 1. The summed E-state index contributed by atoms with van der Waals surface area (Å²) in [5.74, 6) is 0.0662. The third kappa shape index (κ3) is 2.81. The molecule has 0 bridgehead atoms. The molecule has 1 aromatic heterocycles. The number of thiophene rings is 1. The number of hydrogen-bond acceptors (Lipinski definition) is 3. The van der Waals surface area contributed by atoms with Gasteiger partial charge in [0.05, 0.1) is 10.6 Å². The summed E-state index contributed by atoms with van der Waals surface area (Å²) in [4.78, 5) is 14.6. The van der Waals surface area contributed by atoms with Crippen LogP contribution in [-0.2, 0) is 0 Å². The molecule has 0 aliphatic rings. The van der Waals surface area contributed by atoms with E-state index < -0.39 is 0 Å². The van der Waals surface area contributed by atoms with Crippen LogP contribution in [0, 0.1) is 6.92 Å². The Morgan fingerprint density at radius 1 is 1.00 bits per heavy atom. The Bertz CT molecular complexity index is 788. The van der Waals surface area contributed by atoms with Crippen LogP contribution in [0.25, 0.3) is 10.4 Å². The van der Waals surface area contributed by atoms with Crippen molar-refractivity contribution < 1.29 is 4.79 Å². The van der Waals surface area contributed by atoms with Crippen molar-refractivity contribution in [2.45, 2.75) is 6.92 Å². The summed E-state index contributed by atoms with van der Waals surface area (Å²) in [6.07, 6.45) is 0. The molecule has 2 aromatic carbocycles. The van der Waals surface area contributed by atoms with Crippen LogP contribution in [0.4, 0.5) is 5.69 Å². The molecule has 22 heavy (non-hydrogen) atoms. The van der Waals surface area contributed by atoms with Crippen LogP contribution in [0.2, 0.25) is 0 Å². The first-order valence-corrected chi connectivity index (χ1v) is 7.99. The van der Waals surface area contributed by atoms with Crippen LogP contribution in [0.3, 0.4) is 0 Å². The fourth-order valence-electron chi connectivity index (χ4n) is 2.33. The maximum absolute atomic E-state index is 12.8. The number of rotatable bonds is 4.